The summed E-state index contributed by atoms with van der Waals surface area (Å²) in [5.74, 6) is 0.789. The summed E-state index contributed by atoms with van der Waals surface area (Å²) < 4.78 is 1.17. The van der Waals surface area contributed by atoms with Crippen molar-refractivity contribution in [3.05, 3.63) is 20.8 Å². The van der Waals surface area contributed by atoms with Gasteiger partial charge < -0.3 is 5.73 Å². The second-order valence-corrected chi connectivity index (χ2v) is 6.57. The summed E-state index contributed by atoms with van der Waals surface area (Å²) in [4.78, 5) is 1.29. The first-order valence-corrected chi connectivity index (χ1v) is 6.71. The summed E-state index contributed by atoms with van der Waals surface area (Å²) >= 11 is 5.20. The highest BCUT2D eigenvalue weighted by atomic mass is 79.9. The molecule has 1 heterocycles. The summed E-state index contributed by atoms with van der Waals surface area (Å²) in [7, 11) is 0. The number of hydrogen-bond acceptors (Lipinski definition) is 2. The Morgan fingerprint density at radius 3 is 2.57 bits per heavy atom. The van der Waals surface area contributed by atoms with Crippen molar-refractivity contribution in [3.8, 4) is 0 Å². The highest BCUT2D eigenvalue weighted by Gasteiger charge is 2.08. The number of nitrogens with two attached hydrogens (primary N) is 1. The van der Waals surface area contributed by atoms with Crippen molar-refractivity contribution in [3.63, 3.8) is 0 Å². The number of rotatable bonds is 5. The van der Waals surface area contributed by atoms with Gasteiger partial charge in [0.2, 0.25) is 0 Å². The molecule has 0 radical (unpaired) electrons. The second kappa shape index (κ2) is 5.89. The maximum Gasteiger partial charge on any atom is 0.0701 e. The Bertz CT molecular complexity index is 270. The molecule has 0 saturated carbocycles. The fraction of sp³-hybridized carbons (Fsp3) is 0.636. The Morgan fingerprint density at radius 1 is 1.36 bits per heavy atom. The molecule has 1 rings (SSSR count). The lowest BCUT2D eigenvalue weighted by Crippen LogP contribution is -2.08. The molecule has 0 aliphatic carbocycles. The van der Waals surface area contributed by atoms with E-state index in [2.05, 4.69) is 41.9 Å². The number of thiophene rings is 1. The third-order valence-electron chi connectivity index (χ3n) is 2.26. The maximum atomic E-state index is 6.08. The van der Waals surface area contributed by atoms with Gasteiger partial charge in [0.1, 0.15) is 0 Å². The van der Waals surface area contributed by atoms with Gasteiger partial charge in [-0.2, -0.15) is 0 Å². The van der Waals surface area contributed by atoms with Crippen LogP contribution >= 0.6 is 27.3 Å². The lowest BCUT2D eigenvalue weighted by Gasteiger charge is -2.10. The van der Waals surface area contributed by atoms with Crippen LogP contribution in [-0.4, -0.2) is 0 Å². The van der Waals surface area contributed by atoms with Gasteiger partial charge in [0.15, 0.2) is 0 Å². The summed E-state index contributed by atoms with van der Waals surface area (Å²) in [6, 6.07) is 4.42. The predicted octanol–water partition coefficient (Wildman–Crippen LogP) is 4.34. The zero-order valence-corrected chi connectivity index (χ0v) is 11.2. The molecule has 0 saturated heterocycles. The first-order valence-electron chi connectivity index (χ1n) is 5.10. The van der Waals surface area contributed by atoms with Crippen molar-refractivity contribution in [1.29, 1.82) is 0 Å². The van der Waals surface area contributed by atoms with E-state index in [-0.39, 0.29) is 6.04 Å². The van der Waals surface area contributed by atoms with Crippen molar-refractivity contribution in [2.75, 3.05) is 0 Å². The molecule has 0 bridgehead atoms. The summed E-state index contributed by atoms with van der Waals surface area (Å²) in [5.41, 5.74) is 6.08. The molecule has 1 aromatic heterocycles. The molecule has 1 nitrogen and oxygen atoms in total. The Balaban J connectivity index is 2.32. The molecule has 0 fully saturated rings. The minimum atomic E-state index is 0.227. The molecule has 80 valence electrons. The smallest absolute Gasteiger partial charge is 0.0701 e. The quantitative estimate of drug-likeness (QED) is 0.850. The topological polar surface area (TPSA) is 26.0 Å². The molecule has 2 N–H and O–H groups in total. The lowest BCUT2D eigenvalue weighted by atomic mass is 10.0. The zero-order chi connectivity index (χ0) is 10.6. The SMILES string of the molecule is CC(C)CCCC(N)c1ccc(Br)s1. The maximum absolute atomic E-state index is 6.08. The van der Waals surface area contributed by atoms with Crippen LogP contribution in [0.5, 0.6) is 0 Å². The fourth-order valence-electron chi connectivity index (χ4n) is 1.42. The first-order chi connectivity index (χ1) is 6.59. The molecule has 1 atom stereocenters. The minimum Gasteiger partial charge on any atom is -0.323 e. The van der Waals surface area contributed by atoms with Crippen LogP contribution in [0.3, 0.4) is 0 Å². The Kier molecular flexibility index (Phi) is 5.13. The Hall–Kier alpha value is 0.140. The fourth-order valence-corrected chi connectivity index (χ4v) is 2.88. The molecule has 0 aliphatic rings. The van der Waals surface area contributed by atoms with E-state index in [0.717, 1.165) is 12.3 Å². The largest absolute Gasteiger partial charge is 0.323 e. The predicted molar refractivity (Wildman–Crippen MR) is 67.6 cm³/mol. The van der Waals surface area contributed by atoms with Gasteiger partial charge >= 0.3 is 0 Å². The highest BCUT2D eigenvalue weighted by molar-refractivity contribution is 9.11. The van der Waals surface area contributed by atoms with E-state index >= 15 is 0 Å². The van der Waals surface area contributed by atoms with Crippen LogP contribution in [0.2, 0.25) is 0 Å². The summed E-state index contributed by atoms with van der Waals surface area (Å²) in [5, 5.41) is 0. The van der Waals surface area contributed by atoms with Crippen LogP contribution in [0.15, 0.2) is 15.9 Å². The van der Waals surface area contributed by atoms with E-state index in [1.165, 1.54) is 21.5 Å². The molecule has 0 aliphatic heterocycles. The van der Waals surface area contributed by atoms with Crippen LogP contribution in [0.1, 0.15) is 44.0 Å². The minimum absolute atomic E-state index is 0.227. The van der Waals surface area contributed by atoms with E-state index < -0.39 is 0 Å². The third-order valence-corrected chi connectivity index (χ3v) is 4.01. The van der Waals surface area contributed by atoms with Gasteiger partial charge in [-0.05, 0) is 40.4 Å². The monoisotopic (exact) mass is 275 g/mol. The van der Waals surface area contributed by atoms with E-state index in [1.54, 1.807) is 11.3 Å². The highest BCUT2D eigenvalue weighted by Crippen LogP contribution is 2.28. The Labute approximate surface area is 98.8 Å². The van der Waals surface area contributed by atoms with Crippen molar-refractivity contribution in [1.82, 2.24) is 0 Å². The standard InChI is InChI=1S/C11H18BrNS/c1-8(2)4-3-5-9(13)10-6-7-11(12)14-10/h6-9H,3-5,13H2,1-2H3. The normalized spacial score (nSPS) is 13.5. The summed E-state index contributed by atoms with van der Waals surface area (Å²) in [6.45, 7) is 4.51. The van der Waals surface area contributed by atoms with Crippen LogP contribution in [0.25, 0.3) is 0 Å². The summed E-state index contributed by atoms with van der Waals surface area (Å²) in [6.07, 6.45) is 3.61. The van der Waals surface area contributed by atoms with Crippen molar-refractivity contribution in [2.24, 2.45) is 11.7 Å². The van der Waals surface area contributed by atoms with Crippen molar-refractivity contribution >= 4 is 27.3 Å². The van der Waals surface area contributed by atoms with Crippen molar-refractivity contribution < 1.29 is 0 Å². The molecular weight excluding hydrogens is 258 g/mol. The van der Waals surface area contributed by atoms with E-state index in [4.69, 9.17) is 5.73 Å². The second-order valence-electron chi connectivity index (χ2n) is 4.07. The van der Waals surface area contributed by atoms with Crippen LogP contribution in [0, 0.1) is 5.92 Å². The van der Waals surface area contributed by atoms with Gasteiger partial charge in [0.25, 0.3) is 0 Å². The average molecular weight is 276 g/mol. The molecule has 3 heteroatoms. The lowest BCUT2D eigenvalue weighted by molar-refractivity contribution is 0.508. The van der Waals surface area contributed by atoms with Gasteiger partial charge in [-0.25, -0.2) is 0 Å². The van der Waals surface area contributed by atoms with Gasteiger partial charge in [0.05, 0.1) is 3.79 Å². The Morgan fingerprint density at radius 2 is 2.07 bits per heavy atom. The van der Waals surface area contributed by atoms with Gasteiger partial charge in [-0.3, -0.25) is 0 Å². The zero-order valence-electron chi connectivity index (χ0n) is 8.79. The molecule has 14 heavy (non-hydrogen) atoms. The van der Waals surface area contributed by atoms with Gasteiger partial charge in [-0.15, -0.1) is 11.3 Å². The molecule has 1 aromatic rings. The number of hydrogen-bond donors (Lipinski definition) is 1. The molecule has 0 amide bonds. The molecule has 1 unspecified atom stereocenters. The van der Waals surface area contributed by atoms with Crippen molar-refractivity contribution in [2.45, 2.75) is 39.2 Å². The third kappa shape index (κ3) is 4.11. The molecule has 0 aromatic carbocycles. The van der Waals surface area contributed by atoms with Crippen LogP contribution < -0.4 is 5.73 Å². The number of halogens is 1. The molecular formula is C11H18BrNS. The van der Waals surface area contributed by atoms with Crippen LogP contribution in [-0.2, 0) is 0 Å². The average Bonchev–Trinajstić information content (AvgIpc) is 2.51. The van der Waals surface area contributed by atoms with E-state index in [0.29, 0.717) is 0 Å². The van der Waals surface area contributed by atoms with E-state index in [9.17, 15) is 0 Å². The first kappa shape index (κ1) is 12.2. The van der Waals surface area contributed by atoms with Gasteiger partial charge in [0, 0.05) is 10.9 Å². The van der Waals surface area contributed by atoms with E-state index in [1.807, 2.05) is 0 Å². The van der Waals surface area contributed by atoms with Gasteiger partial charge in [-0.1, -0.05) is 26.7 Å². The molecule has 0 spiro atoms. The van der Waals surface area contributed by atoms with Crippen LogP contribution in [0.4, 0.5) is 0 Å².